The molecule has 1 amide bonds. The minimum Gasteiger partial charge on any atom is -0.508 e. The van der Waals surface area contributed by atoms with Crippen molar-refractivity contribution in [2.24, 2.45) is 0 Å². The van der Waals surface area contributed by atoms with Crippen LogP contribution in [0.5, 0.6) is 11.5 Å². The summed E-state index contributed by atoms with van der Waals surface area (Å²) in [7, 11) is 0. The highest BCUT2D eigenvalue weighted by Gasteiger charge is 2.19. The van der Waals surface area contributed by atoms with Crippen LogP contribution in [0.4, 0.5) is 0 Å². The monoisotopic (exact) mass is 239 g/mol. The van der Waals surface area contributed by atoms with Gasteiger partial charge in [-0.1, -0.05) is 0 Å². The molecule has 5 heteroatoms. The van der Waals surface area contributed by atoms with Gasteiger partial charge in [0, 0.05) is 17.9 Å². The lowest BCUT2D eigenvalue weighted by Crippen LogP contribution is -2.34. The van der Waals surface area contributed by atoms with Crippen LogP contribution in [-0.4, -0.2) is 33.7 Å². The van der Waals surface area contributed by atoms with Crippen LogP contribution in [0.1, 0.15) is 16.8 Å². The maximum absolute atomic E-state index is 11.8. The number of phenols is 2. The van der Waals surface area contributed by atoms with Crippen LogP contribution in [-0.2, 0) is 0 Å². The van der Waals surface area contributed by atoms with Gasteiger partial charge in [0.05, 0.1) is 5.56 Å². The van der Waals surface area contributed by atoms with Crippen molar-refractivity contribution >= 4 is 17.7 Å². The van der Waals surface area contributed by atoms with Gasteiger partial charge in [-0.05, 0) is 24.3 Å². The fourth-order valence-corrected chi connectivity index (χ4v) is 2.78. The van der Waals surface area contributed by atoms with Crippen molar-refractivity contribution in [3.8, 4) is 11.5 Å². The van der Waals surface area contributed by atoms with Crippen molar-refractivity contribution in [3.05, 3.63) is 23.8 Å². The van der Waals surface area contributed by atoms with Crippen LogP contribution < -0.4 is 5.32 Å². The van der Waals surface area contributed by atoms with Gasteiger partial charge in [-0.3, -0.25) is 4.79 Å². The molecule has 1 atom stereocenters. The molecule has 86 valence electrons. The molecule has 1 aliphatic rings. The number of aromatic hydroxyl groups is 2. The van der Waals surface area contributed by atoms with Gasteiger partial charge < -0.3 is 15.5 Å². The van der Waals surface area contributed by atoms with Crippen LogP contribution >= 0.6 is 11.8 Å². The van der Waals surface area contributed by atoms with Crippen LogP contribution in [0, 0.1) is 0 Å². The lowest BCUT2D eigenvalue weighted by atomic mass is 10.1. The Kier molecular flexibility index (Phi) is 3.24. The third kappa shape index (κ3) is 2.41. The highest BCUT2D eigenvalue weighted by atomic mass is 32.2. The summed E-state index contributed by atoms with van der Waals surface area (Å²) in [6, 6.07) is 4.16. The Bertz CT molecular complexity index is 402. The quantitative estimate of drug-likeness (QED) is 0.728. The molecule has 0 aromatic heterocycles. The van der Waals surface area contributed by atoms with E-state index in [2.05, 4.69) is 5.32 Å². The molecule has 0 spiro atoms. The van der Waals surface area contributed by atoms with Crippen molar-refractivity contribution in [2.45, 2.75) is 12.5 Å². The van der Waals surface area contributed by atoms with Gasteiger partial charge in [0.25, 0.3) is 5.91 Å². The van der Waals surface area contributed by atoms with E-state index in [0.717, 1.165) is 24.0 Å². The number of carbonyl (C=O) groups excluding carboxylic acids is 1. The van der Waals surface area contributed by atoms with E-state index in [1.165, 1.54) is 12.1 Å². The zero-order valence-corrected chi connectivity index (χ0v) is 9.46. The number of hydrogen-bond donors (Lipinski definition) is 3. The Balaban J connectivity index is 2.08. The van der Waals surface area contributed by atoms with Gasteiger partial charge in [-0.15, -0.1) is 0 Å². The zero-order valence-electron chi connectivity index (χ0n) is 8.64. The molecule has 1 saturated heterocycles. The molecule has 0 bridgehead atoms. The molecule has 0 radical (unpaired) electrons. The molecule has 1 unspecified atom stereocenters. The summed E-state index contributed by atoms with van der Waals surface area (Å²) >= 11 is 1.81. The van der Waals surface area contributed by atoms with Crippen LogP contribution in [0.2, 0.25) is 0 Å². The Morgan fingerprint density at radius 3 is 2.88 bits per heavy atom. The van der Waals surface area contributed by atoms with Crippen molar-refractivity contribution < 1.29 is 15.0 Å². The Morgan fingerprint density at radius 1 is 1.44 bits per heavy atom. The lowest BCUT2D eigenvalue weighted by molar-refractivity contribution is 0.0938. The first-order chi connectivity index (χ1) is 7.66. The van der Waals surface area contributed by atoms with Gasteiger partial charge in [-0.2, -0.15) is 11.8 Å². The first-order valence-electron chi connectivity index (χ1n) is 5.07. The SMILES string of the molecule is O=C(NC1CCSC1)c1ccc(O)cc1O. The van der Waals surface area contributed by atoms with E-state index in [9.17, 15) is 9.90 Å². The number of hydrogen-bond acceptors (Lipinski definition) is 4. The summed E-state index contributed by atoms with van der Waals surface area (Å²) < 4.78 is 0. The summed E-state index contributed by atoms with van der Waals surface area (Å²) in [4.78, 5) is 11.8. The molecule has 0 aliphatic carbocycles. The molecule has 1 fully saturated rings. The number of benzene rings is 1. The van der Waals surface area contributed by atoms with Crippen molar-refractivity contribution in [1.82, 2.24) is 5.32 Å². The number of amides is 1. The number of nitrogens with one attached hydrogen (secondary N) is 1. The van der Waals surface area contributed by atoms with E-state index < -0.39 is 0 Å². The van der Waals surface area contributed by atoms with E-state index >= 15 is 0 Å². The highest BCUT2D eigenvalue weighted by Crippen LogP contribution is 2.23. The van der Waals surface area contributed by atoms with Crippen molar-refractivity contribution in [2.75, 3.05) is 11.5 Å². The minimum atomic E-state index is -0.287. The average Bonchev–Trinajstić information content (AvgIpc) is 2.70. The molecular formula is C11H13NO3S. The maximum atomic E-state index is 11.8. The molecule has 1 heterocycles. The zero-order chi connectivity index (χ0) is 11.5. The van der Waals surface area contributed by atoms with E-state index in [4.69, 9.17) is 5.11 Å². The van der Waals surface area contributed by atoms with Gasteiger partial charge in [0.2, 0.25) is 0 Å². The van der Waals surface area contributed by atoms with Crippen molar-refractivity contribution in [3.63, 3.8) is 0 Å². The molecule has 4 nitrogen and oxygen atoms in total. The van der Waals surface area contributed by atoms with Gasteiger partial charge in [0.15, 0.2) is 0 Å². The molecule has 0 saturated carbocycles. The summed E-state index contributed by atoms with van der Waals surface area (Å²) in [5.41, 5.74) is 0.203. The summed E-state index contributed by atoms with van der Waals surface area (Å²) in [5.74, 6) is 1.45. The fourth-order valence-electron chi connectivity index (χ4n) is 1.62. The largest absolute Gasteiger partial charge is 0.508 e. The van der Waals surface area contributed by atoms with E-state index in [-0.39, 0.29) is 29.0 Å². The fraction of sp³-hybridized carbons (Fsp3) is 0.364. The van der Waals surface area contributed by atoms with Gasteiger partial charge in [-0.25, -0.2) is 0 Å². The van der Waals surface area contributed by atoms with E-state index in [1.54, 1.807) is 0 Å². The third-order valence-electron chi connectivity index (χ3n) is 2.49. The van der Waals surface area contributed by atoms with Gasteiger partial charge >= 0.3 is 0 Å². The smallest absolute Gasteiger partial charge is 0.255 e. The molecule has 1 aliphatic heterocycles. The molecule has 1 aromatic rings. The maximum Gasteiger partial charge on any atom is 0.255 e. The molecule has 1 aromatic carbocycles. The summed E-state index contributed by atoms with van der Waals surface area (Å²) in [6.07, 6.45) is 0.968. The van der Waals surface area contributed by atoms with Gasteiger partial charge in [0.1, 0.15) is 11.5 Å². The van der Waals surface area contributed by atoms with E-state index in [0.29, 0.717) is 0 Å². The topological polar surface area (TPSA) is 69.6 Å². The highest BCUT2D eigenvalue weighted by molar-refractivity contribution is 7.99. The summed E-state index contributed by atoms with van der Waals surface area (Å²) in [6.45, 7) is 0. The molecule has 2 rings (SSSR count). The normalized spacial score (nSPS) is 19.6. The minimum absolute atomic E-state index is 0.0505. The summed E-state index contributed by atoms with van der Waals surface area (Å²) in [5, 5.41) is 21.5. The Morgan fingerprint density at radius 2 is 2.25 bits per heavy atom. The molecule has 3 N–H and O–H groups in total. The predicted molar refractivity (Wildman–Crippen MR) is 63.0 cm³/mol. The van der Waals surface area contributed by atoms with Crippen LogP contribution in [0.15, 0.2) is 18.2 Å². The number of thioether (sulfide) groups is 1. The Labute approximate surface area is 97.7 Å². The second-order valence-corrected chi connectivity index (χ2v) is 4.89. The second-order valence-electron chi connectivity index (χ2n) is 3.74. The molecule has 16 heavy (non-hydrogen) atoms. The van der Waals surface area contributed by atoms with Crippen LogP contribution in [0.3, 0.4) is 0 Å². The number of carbonyl (C=O) groups is 1. The first kappa shape index (κ1) is 11.1. The predicted octanol–water partition coefficient (Wildman–Crippen LogP) is 1.33. The van der Waals surface area contributed by atoms with Crippen LogP contribution in [0.25, 0.3) is 0 Å². The second kappa shape index (κ2) is 4.65. The first-order valence-corrected chi connectivity index (χ1v) is 6.23. The number of phenolic OH excluding ortho intramolecular Hbond substituents is 2. The standard InChI is InChI=1S/C11H13NO3S/c13-8-1-2-9(10(14)5-8)11(15)12-7-3-4-16-6-7/h1-2,5,7,13-14H,3-4,6H2,(H,12,15). The third-order valence-corrected chi connectivity index (χ3v) is 3.65. The average molecular weight is 239 g/mol. The number of rotatable bonds is 2. The molecular weight excluding hydrogens is 226 g/mol. The Hall–Kier alpha value is -1.36. The van der Waals surface area contributed by atoms with E-state index in [1.807, 2.05) is 11.8 Å². The lowest BCUT2D eigenvalue weighted by Gasteiger charge is -2.12. The van der Waals surface area contributed by atoms with Crippen molar-refractivity contribution in [1.29, 1.82) is 0 Å².